The molecule has 2 aromatic heterocycles. The van der Waals surface area contributed by atoms with Gasteiger partial charge in [0.15, 0.2) is 11.0 Å². The summed E-state index contributed by atoms with van der Waals surface area (Å²) in [6.07, 6.45) is 1.95. The van der Waals surface area contributed by atoms with E-state index in [1.54, 1.807) is 4.68 Å². The zero-order valence-corrected chi connectivity index (χ0v) is 11.7. The lowest BCUT2D eigenvalue weighted by molar-refractivity contribution is 0.776. The molecule has 0 aliphatic carbocycles. The van der Waals surface area contributed by atoms with Crippen molar-refractivity contribution in [2.75, 3.05) is 18.1 Å². The van der Waals surface area contributed by atoms with Gasteiger partial charge >= 0.3 is 0 Å². The molecule has 2 aromatic rings. The first-order valence-corrected chi connectivity index (χ1v) is 6.94. The van der Waals surface area contributed by atoms with Gasteiger partial charge in [0.25, 0.3) is 0 Å². The fraction of sp³-hybridized carbons (Fsp3) is 0.455. The van der Waals surface area contributed by atoms with Gasteiger partial charge in [-0.3, -0.25) is 0 Å². The molecule has 0 saturated carbocycles. The fourth-order valence-electron chi connectivity index (χ4n) is 1.62. The fourth-order valence-corrected chi connectivity index (χ4v) is 2.00. The molecule has 2 heterocycles. The van der Waals surface area contributed by atoms with E-state index in [1.165, 1.54) is 11.8 Å². The Kier molecular flexibility index (Phi) is 3.81. The Hall–Kier alpha value is -1.63. The van der Waals surface area contributed by atoms with E-state index in [4.69, 9.17) is 0 Å². The summed E-state index contributed by atoms with van der Waals surface area (Å²) in [6, 6.07) is 1.88. The second-order valence-corrected chi connectivity index (χ2v) is 4.52. The molecule has 0 radical (unpaired) electrons. The largest absolute Gasteiger partial charge is 0.370 e. The second-order valence-electron chi connectivity index (χ2n) is 3.75. The summed E-state index contributed by atoms with van der Waals surface area (Å²) in [4.78, 5) is 13.1. The third kappa shape index (κ3) is 2.61. The van der Waals surface area contributed by atoms with E-state index in [2.05, 4.69) is 25.4 Å². The topological polar surface area (TPSA) is 68.5 Å². The van der Waals surface area contributed by atoms with E-state index < -0.39 is 0 Å². The molecule has 0 bridgehead atoms. The van der Waals surface area contributed by atoms with E-state index in [0.29, 0.717) is 0 Å². The monoisotopic (exact) mass is 264 g/mol. The smallest absolute Gasteiger partial charge is 0.191 e. The highest BCUT2D eigenvalue weighted by atomic mass is 32.2. The van der Waals surface area contributed by atoms with Crippen molar-refractivity contribution < 1.29 is 0 Å². The molecule has 1 N–H and O–H groups in total. The normalized spacial score (nSPS) is 10.7. The molecule has 0 saturated heterocycles. The molecule has 0 amide bonds. The van der Waals surface area contributed by atoms with Crippen LogP contribution in [0, 0.1) is 13.8 Å². The Morgan fingerprint density at radius 1 is 1.28 bits per heavy atom. The average molecular weight is 264 g/mol. The molecule has 0 spiro atoms. The lowest BCUT2D eigenvalue weighted by Crippen LogP contribution is -2.07. The minimum Gasteiger partial charge on any atom is -0.370 e. The maximum absolute atomic E-state index is 4.45. The minimum absolute atomic E-state index is 0.719. The van der Waals surface area contributed by atoms with Crippen molar-refractivity contribution >= 4 is 17.6 Å². The van der Waals surface area contributed by atoms with Crippen molar-refractivity contribution in [3.05, 3.63) is 17.7 Å². The molecule has 0 unspecified atom stereocenters. The summed E-state index contributed by atoms with van der Waals surface area (Å²) < 4.78 is 1.73. The number of thioether (sulfide) groups is 1. The minimum atomic E-state index is 0.719. The summed E-state index contributed by atoms with van der Waals surface area (Å²) in [5.74, 6) is 3.10. The Morgan fingerprint density at radius 3 is 2.61 bits per heavy atom. The van der Waals surface area contributed by atoms with Crippen LogP contribution in [0.5, 0.6) is 0 Å². The lowest BCUT2D eigenvalue weighted by atomic mass is 10.5. The highest BCUT2D eigenvalue weighted by molar-refractivity contribution is 7.98. The third-order valence-corrected chi connectivity index (χ3v) is 2.87. The molecule has 18 heavy (non-hydrogen) atoms. The van der Waals surface area contributed by atoms with Crippen LogP contribution in [0.1, 0.15) is 18.6 Å². The zero-order valence-electron chi connectivity index (χ0n) is 10.9. The average Bonchev–Trinajstić information content (AvgIpc) is 2.68. The highest BCUT2D eigenvalue weighted by Crippen LogP contribution is 2.17. The summed E-state index contributed by atoms with van der Waals surface area (Å²) in [5, 5.41) is 8.25. The molecule has 0 aliphatic rings. The molecule has 7 heteroatoms. The third-order valence-electron chi connectivity index (χ3n) is 2.32. The quantitative estimate of drug-likeness (QED) is 0.671. The van der Waals surface area contributed by atoms with Gasteiger partial charge in [0.05, 0.1) is 0 Å². The number of rotatable bonds is 4. The van der Waals surface area contributed by atoms with Crippen molar-refractivity contribution in [2.45, 2.75) is 25.9 Å². The van der Waals surface area contributed by atoms with Crippen LogP contribution >= 0.6 is 11.8 Å². The van der Waals surface area contributed by atoms with Crippen LogP contribution in [0.4, 0.5) is 5.82 Å². The van der Waals surface area contributed by atoms with Crippen LogP contribution in [-0.4, -0.2) is 37.5 Å². The Balaban J connectivity index is 2.49. The van der Waals surface area contributed by atoms with Gasteiger partial charge in [-0.1, -0.05) is 11.8 Å². The van der Waals surface area contributed by atoms with Gasteiger partial charge in [0.1, 0.15) is 17.5 Å². The summed E-state index contributed by atoms with van der Waals surface area (Å²) in [5.41, 5.74) is 0. The van der Waals surface area contributed by atoms with Crippen LogP contribution in [0.2, 0.25) is 0 Å². The molecular formula is C11H16N6S. The number of nitrogens with zero attached hydrogens (tertiary/aromatic N) is 5. The van der Waals surface area contributed by atoms with Crippen molar-refractivity contribution in [1.29, 1.82) is 0 Å². The molecule has 0 aliphatic heterocycles. The van der Waals surface area contributed by atoms with Crippen molar-refractivity contribution in [3.63, 3.8) is 0 Å². The second kappa shape index (κ2) is 5.34. The van der Waals surface area contributed by atoms with Crippen molar-refractivity contribution in [2.24, 2.45) is 0 Å². The van der Waals surface area contributed by atoms with Crippen LogP contribution < -0.4 is 5.32 Å². The zero-order chi connectivity index (χ0) is 13.1. The van der Waals surface area contributed by atoms with Crippen molar-refractivity contribution in [3.8, 4) is 5.82 Å². The summed E-state index contributed by atoms with van der Waals surface area (Å²) in [7, 11) is 0. The van der Waals surface area contributed by atoms with E-state index in [9.17, 15) is 0 Å². The number of hydrogen-bond donors (Lipinski definition) is 1. The maximum Gasteiger partial charge on any atom is 0.191 e. The standard InChI is InChI=1S/C11H16N6S/c1-5-12-9-6-10(15-11(14-9)18-4)17-8(3)13-7(2)16-17/h6H,5H2,1-4H3,(H,12,14,15). The van der Waals surface area contributed by atoms with Gasteiger partial charge in [-0.2, -0.15) is 4.68 Å². The van der Waals surface area contributed by atoms with E-state index in [1.807, 2.05) is 33.1 Å². The molecule has 6 nitrogen and oxygen atoms in total. The Morgan fingerprint density at radius 2 is 2.06 bits per heavy atom. The first-order valence-electron chi connectivity index (χ1n) is 5.71. The predicted molar refractivity (Wildman–Crippen MR) is 72.4 cm³/mol. The summed E-state index contributed by atoms with van der Waals surface area (Å²) in [6.45, 7) is 6.63. The Bertz CT molecular complexity index is 550. The number of aromatic nitrogens is 5. The van der Waals surface area contributed by atoms with Gasteiger partial charge in [0.2, 0.25) is 0 Å². The first kappa shape index (κ1) is 12.8. The van der Waals surface area contributed by atoms with Crippen LogP contribution in [0.15, 0.2) is 11.2 Å². The number of aryl methyl sites for hydroxylation is 2. The van der Waals surface area contributed by atoms with Gasteiger partial charge < -0.3 is 5.32 Å². The number of nitrogens with one attached hydrogen (secondary N) is 1. The number of hydrogen-bond acceptors (Lipinski definition) is 6. The molecule has 2 rings (SSSR count). The number of anilines is 1. The molecule has 0 aromatic carbocycles. The van der Waals surface area contributed by atoms with Gasteiger partial charge in [0, 0.05) is 12.6 Å². The molecular weight excluding hydrogens is 248 g/mol. The van der Waals surface area contributed by atoms with E-state index in [0.717, 1.165) is 35.0 Å². The van der Waals surface area contributed by atoms with E-state index in [-0.39, 0.29) is 0 Å². The lowest BCUT2D eigenvalue weighted by Gasteiger charge is -2.08. The van der Waals surface area contributed by atoms with Crippen LogP contribution in [-0.2, 0) is 0 Å². The Labute approximate surface area is 110 Å². The SMILES string of the molecule is CCNc1cc(-n2nc(C)nc2C)nc(SC)n1. The molecule has 0 fully saturated rings. The van der Waals surface area contributed by atoms with Crippen molar-refractivity contribution in [1.82, 2.24) is 24.7 Å². The molecule has 0 atom stereocenters. The molecule has 96 valence electrons. The maximum atomic E-state index is 4.45. The predicted octanol–water partition coefficient (Wildman–Crippen LogP) is 1.83. The van der Waals surface area contributed by atoms with Gasteiger partial charge in [-0.05, 0) is 27.0 Å². The van der Waals surface area contributed by atoms with E-state index >= 15 is 0 Å². The van der Waals surface area contributed by atoms with Gasteiger partial charge in [-0.15, -0.1) is 5.10 Å². The summed E-state index contributed by atoms with van der Waals surface area (Å²) >= 11 is 1.51. The van der Waals surface area contributed by atoms with Crippen LogP contribution in [0.3, 0.4) is 0 Å². The van der Waals surface area contributed by atoms with Gasteiger partial charge in [-0.25, -0.2) is 15.0 Å². The van der Waals surface area contributed by atoms with Crippen LogP contribution in [0.25, 0.3) is 5.82 Å². The highest BCUT2D eigenvalue weighted by Gasteiger charge is 2.10. The first-order chi connectivity index (χ1) is 8.63.